The van der Waals surface area contributed by atoms with Gasteiger partial charge in [-0.25, -0.2) is 0 Å². The quantitative estimate of drug-likeness (QED) is 0.526. The molecule has 14 heavy (non-hydrogen) atoms. The summed E-state index contributed by atoms with van der Waals surface area (Å²) < 4.78 is 0. The first-order chi connectivity index (χ1) is 6.92. The number of hydrazine groups is 1. The lowest BCUT2D eigenvalue weighted by atomic mass is 9.71. The third-order valence-electron chi connectivity index (χ3n) is 4.29. The van der Waals surface area contributed by atoms with Crippen molar-refractivity contribution in [3.05, 3.63) is 0 Å². The van der Waals surface area contributed by atoms with Gasteiger partial charge in [0.25, 0.3) is 0 Å². The fourth-order valence-corrected chi connectivity index (χ4v) is 3.49. The monoisotopic (exact) mass is 196 g/mol. The van der Waals surface area contributed by atoms with Crippen LogP contribution in [-0.2, 0) is 0 Å². The van der Waals surface area contributed by atoms with Crippen LogP contribution in [0.2, 0.25) is 0 Å². The molecule has 2 nitrogen and oxygen atoms in total. The standard InChI is InChI=1S/C12H24N2/c13-14-12-9-5-4-8-11(12)10-6-2-1-3-7-10/h10-12,14H,1-9,13H2. The van der Waals surface area contributed by atoms with Gasteiger partial charge in [-0.2, -0.15) is 0 Å². The van der Waals surface area contributed by atoms with Crippen LogP contribution in [-0.4, -0.2) is 6.04 Å². The molecule has 3 N–H and O–H groups in total. The van der Waals surface area contributed by atoms with E-state index in [2.05, 4.69) is 5.43 Å². The Morgan fingerprint density at radius 3 is 2.14 bits per heavy atom. The van der Waals surface area contributed by atoms with E-state index in [4.69, 9.17) is 5.84 Å². The van der Waals surface area contributed by atoms with Gasteiger partial charge in [-0.1, -0.05) is 44.9 Å². The minimum absolute atomic E-state index is 0.617. The SMILES string of the molecule is NNC1CCCCC1C1CCCCC1. The van der Waals surface area contributed by atoms with Gasteiger partial charge in [0.2, 0.25) is 0 Å². The van der Waals surface area contributed by atoms with Crippen molar-refractivity contribution in [2.75, 3.05) is 0 Å². The first-order valence-electron chi connectivity index (χ1n) is 6.38. The number of nitrogens with one attached hydrogen (secondary N) is 1. The van der Waals surface area contributed by atoms with Crippen LogP contribution < -0.4 is 11.3 Å². The average molecular weight is 196 g/mol. The maximum Gasteiger partial charge on any atom is 0.0241 e. The zero-order chi connectivity index (χ0) is 9.80. The van der Waals surface area contributed by atoms with Gasteiger partial charge < -0.3 is 0 Å². The molecule has 2 saturated carbocycles. The molecule has 0 amide bonds. The number of rotatable bonds is 2. The predicted molar refractivity (Wildman–Crippen MR) is 59.6 cm³/mol. The molecule has 2 heteroatoms. The van der Waals surface area contributed by atoms with Crippen molar-refractivity contribution in [3.8, 4) is 0 Å². The smallest absolute Gasteiger partial charge is 0.0241 e. The third kappa shape index (κ3) is 2.29. The van der Waals surface area contributed by atoms with Crippen molar-refractivity contribution in [2.24, 2.45) is 17.7 Å². The highest BCUT2D eigenvalue weighted by Gasteiger charge is 2.31. The maximum atomic E-state index is 5.65. The van der Waals surface area contributed by atoms with E-state index in [-0.39, 0.29) is 0 Å². The Hall–Kier alpha value is -0.0800. The summed E-state index contributed by atoms with van der Waals surface area (Å²) in [5.41, 5.74) is 3.05. The zero-order valence-corrected chi connectivity index (χ0v) is 9.17. The summed E-state index contributed by atoms with van der Waals surface area (Å²) in [5, 5.41) is 0. The first-order valence-corrected chi connectivity index (χ1v) is 6.38. The summed E-state index contributed by atoms with van der Waals surface area (Å²) in [4.78, 5) is 0. The second-order valence-electron chi connectivity index (χ2n) is 5.12. The summed E-state index contributed by atoms with van der Waals surface area (Å²) in [7, 11) is 0. The first kappa shape index (κ1) is 10.4. The Morgan fingerprint density at radius 2 is 1.43 bits per heavy atom. The molecule has 0 aliphatic heterocycles. The summed E-state index contributed by atoms with van der Waals surface area (Å²) in [6, 6.07) is 0.617. The number of hydrogen-bond acceptors (Lipinski definition) is 2. The molecule has 2 aliphatic carbocycles. The molecule has 0 heterocycles. The van der Waals surface area contributed by atoms with Crippen molar-refractivity contribution in [2.45, 2.75) is 63.8 Å². The molecule has 0 spiro atoms. The van der Waals surface area contributed by atoms with Gasteiger partial charge in [0.15, 0.2) is 0 Å². The molecular weight excluding hydrogens is 172 g/mol. The molecule has 2 fully saturated rings. The minimum atomic E-state index is 0.617. The number of hydrogen-bond donors (Lipinski definition) is 2. The summed E-state index contributed by atoms with van der Waals surface area (Å²) in [6.07, 6.45) is 12.8. The normalized spacial score (nSPS) is 35.8. The van der Waals surface area contributed by atoms with E-state index >= 15 is 0 Å². The van der Waals surface area contributed by atoms with E-state index in [0.29, 0.717) is 6.04 Å². The molecule has 2 rings (SSSR count). The fourth-order valence-electron chi connectivity index (χ4n) is 3.49. The van der Waals surface area contributed by atoms with E-state index in [9.17, 15) is 0 Å². The van der Waals surface area contributed by atoms with Crippen LogP contribution in [0.1, 0.15) is 57.8 Å². The maximum absolute atomic E-state index is 5.65. The highest BCUT2D eigenvalue weighted by molar-refractivity contribution is 4.85. The third-order valence-corrected chi connectivity index (χ3v) is 4.29. The molecule has 2 aliphatic rings. The van der Waals surface area contributed by atoms with Gasteiger partial charge in [-0.05, 0) is 24.7 Å². The molecule has 2 atom stereocenters. The van der Waals surface area contributed by atoms with Crippen molar-refractivity contribution < 1.29 is 0 Å². The Labute approximate surface area is 87.6 Å². The zero-order valence-electron chi connectivity index (χ0n) is 9.17. The number of nitrogens with two attached hydrogens (primary N) is 1. The minimum Gasteiger partial charge on any atom is -0.271 e. The van der Waals surface area contributed by atoms with Gasteiger partial charge in [-0.3, -0.25) is 11.3 Å². The second kappa shape index (κ2) is 5.13. The molecule has 2 unspecified atom stereocenters. The summed E-state index contributed by atoms with van der Waals surface area (Å²) in [5.74, 6) is 7.51. The molecule has 0 radical (unpaired) electrons. The van der Waals surface area contributed by atoms with Gasteiger partial charge in [-0.15, -0.1) is 0 Å². The van der Waals surface area contributed by atoms with Crippen molar-refractivity contribution >= 4 is 0 Å². The Balaban J connectivity index is 1.91. The largest absolute Gasteiger partial charge is 0.271 e. The predicted octanol–water partition coefficient (Wildman–Crippen LogP) is 2.59. The average Bonchev–Trinajstić information content (AvgIpc) is 2.30. The van der Waals surface area contributed by atoms with Gasteiger partial charge in [0.05, 0.1) is 0 Å². The van der Waals surface area contributed by atoms with Crippen molar-refractivity contribution in [1.82, 2.24) is 5.43 Å². The molecule has 0 aromatic heterocycles. The summed E-state index contributed by atoms with van der Waals surface area (Å²) >= 11 is 0. The molecule has 0 saturated heterocycles. The van der Waals surface area contributed by atoms with Crippen LogP contribution in [0.4, 0.5) is 0 Å². The Kier molecular flexibility index (Phi) is 3.82. The van der Waals surface area contributed by atoms with Crippen LogP contribution >= 0.6 is 0 Å². The van der Waals surface area contributed by atoms with Crippen LogP contribution in [0.25, 0.3) is 0 Å². The highest BCUT2D eigenvalue weighted by atomic mass is 15.2. The molecule has 82 valence electrons. The van der Waals surface area contributed by atoms with Crippen LogP contribution in [0.3, 0.4) is 0 Å². The van der Waals surface area contributed by atoms with Gasteiger partial charge in [0.1, 0.15) is 0 Å². The topological polar surface area (TPSA) is 38.0 Å². The Morgan fingerprint density at radius 1 is 0.786 bits per heavy atom. The van der Waals surface area contributed by atoms with Crippen molar-refractivity contribution in [1.29, 1.82) is 0 Å². The van der Waals surface area contributed by atoms with E-state index in [1.54, 1.807) is 0 Å². The molecule has 0 bridgehead atoms. The van der Waals surface area contributed by atoms with E-state index in [0.717, 1.165) is 11.8 Å². The molecule has 0 aromatic rings. The van der Waals surface area contributed by atoms with Crippen LogP contribution in [0.5, 0.6) is 0 Å². The lowest BCUT2D eigenvalue weighted by Gasteiger charge is -2.38. The van der Waals surface area contributed by atoms with Crippen LogP contribution in [0, 0.1) is 11.8 Å². The lowest BCUT2D eigenvalue weighted by molar-refractivity contribution is 0.151. The van der Waals surface area contributed by atoms with Crippen molar-refractivity contribution in [3.63, 3.8) is 0 Å². The van der Waals surface area contributed by atoms with E-state index in [1.807, 2.05) is 0 Å². The Bertz CT molecular complexity index is 164. The molecule has 0 aromatic carbocycles. The fraction of sp³-hybridized carbons (Fsp3) is 1.00. The van der Waals surface area contributed by atoms with E-state index < -0.39 is 0 Å². The highest BCUT2D eigenvalue weighted by Crippen LogP contribution is 2.38. The van der Waals surface area contributed by atoms with Gasteiger partial charge >= 0.3 is 0 Å². The van der Waals surface area contributed by atoms with E-state index in [1.165, 1.54) is 57.8 Å². The van der Waals surface area contributed by atoms with Gasteiger partial charge in [0, 0.05) is 6.04 Å². The molecular formula is C12H24N2. The van der Waals surface area contributed by atoms with Crippen LogP contribution in [0.15, 0.2) is 0 Å². The lowest BCUT2D eigenvalue weighted by Crippen LogP contribution is -2.45. The summed E-state index contributed by atoms with van der Waals surface area (Å²) in [6.45, 7) is 0. The second-order valence-corrected chi connectivity index (χ2v) is 5.12.